The van der Waals surface area contributed by atoms with E-state index in [2.05, 4.69) is 16.9 Å². The summed E-state index contributed by atoms with van der Waals surface area (Å²) in [7, 11) is 0. The predicted molar refractivity (Wildman–Crippen MR) is 94.0 cm³/mol. The van der Waals surface area contributed by atoms with E-state index in [-0.39, 0.29) is 23.8 Å². The Hall–Kier alpha value is -2.11. The topological polar surface area (TPSA) is 75.4 Å². The predicted octanol–water partition coefficient (Wildman–Crippen LogP) is 2.33. The monoisotopic (exact) mass is 345 g/mol. The molecule has 0 aromatic carbocycles. The molecule has 0 radical (unpaired) electrons. The fourth-order valence-electron chi connectivity index (χ4n) is 3.97. The summed E-state index contributed by atoms with van der Waals surface area (Å²) in [6, 6.07) is 0.112. The van der Waals surface area contributed by atoms with Crippen LogP contribution in [0, 0.1) is 12.8 Å². The van der Waals surface area contributed by atoms with Crippen molar-refractivity contribution in [2.24, 2.45) is 5.92 Å². The van der Waals surface area contributed by atoms with E-state index in [0.717, 1.165) is 50.2 Å². The van der Waals surface area contributed by atoms with Gasteiger partial charge in [0, 0.05) is 44.8 Å². The number of rotatable bonds is 6. The molecule has 1 aliphatic carbocycles. The third-order valence-electron chi connectivity index (χ3n) is 5.15. The van der Waals surface area contributed by atoms with Gasteiger partial charge in [-0.3, -0.25) is 9.59 Å². The van der Waals surface area contributed by atoms with Crippen molar-refractivity contribution in [2.45, 2.75) is 57.9 Å². The second kappa shape index (κ2) is 7.42. The quantitative estimate of drug-likeness (QED) is 0.803. The summed E-state index contributed by atoms with van der Waals surface area (Å²) in [6.45, 7) is 8.91. The van der Waals surface area contributed by atoms with Crippen molar-refractivity contribution < 1.29 is 14.0 Å². The van der Waals surface area contributed by atoms with Gasteiger partial charge in [-0.1, -0.05) is 6.58 Å². The maximum atomic E-state index is 12.4. The van der Waals surface area contributed by atoms with Crippen molar-refractivity contribution in [3.05, 3.63) is 30.0 Å². The molecule has 1 aromatic rings. The van der Waals surface area contributed by atoms with Crippen LogP contribution >= 0.6 is 0 Å². The number of hydrogen-bond acceptors (Lipinski definition) is 4. The number of likely N-dealkylation sites (tertiary alicyclic amines) is 1. The minimum Gasteiger partial charge on any atom is -0.446 e. The van der Waals surface area contributed by atoms with E-state index in [4.69, 9.17) is 4.42 Å². The maximum absolute atomic E-state index is 12.4. The summed E-state index contributed by atoms with van der Waals surface area (Å²) in [4.78, 5) is 30.1. The molecule has 2 unspecified atom stereocenters. The highest BCUT2D eigenvalue weighted by molar-refractivity contribution is 5.87. The number of nitrogens with zero attached hydrogens (tertiary/aromatic N) is 2. The van der Waals surface area contributed by atoms with E-state index >= 15 is 0 Å². The van der Waals surface area contributed by atoms with Gasteiger partial charge in [-0.25, -0.2) is 4.98 Å². The minimum absolute atomic E-state index is 0.0102. The molecule has 2 aliphatic rings. The van der Waals surface area contributed by atoms with E-state index in [1.54, 1.807) is 4.90 Å². The molecule has 2 atom stereocenters. The largest absolute Gasteiger partial charge is 0.446 e. The molecule has 1 N–H and O–H groups in total. The number of hydrogen-bond donors (Lipinski definition) is 1. The van der Waals surface area contributed by atoms with Gasteiger partial charge in [0.2, 0.25) is 11.8 Å². The van der Waals surface area contributed by atoms with E-state index in [0.29, 0.717) is 18.2 Å². The van der Waals surface area contributed by atoms with Crippen LogP contribution in [0.3, 0.4) is 0 Å². The second-order valence-corrected chi connectivity index (χ2v) is 7.35. The summed E-state index contributed by atoms with van der Waals surface area (Å²) >= 11 is 0. The zero-order valence-corrected chi connectivity index (χ0v) is 15.1. The van der Waals surface area contributed by atoms with Gasteiger partial charge >= 0.3 is 0 Å². The van der Waals surface area contributed by atoms with Crippen LogP contribution in [0.15, 0.2) is 17.1 Å². The Kier molecular flexibility index (Phi) is 5.25. The van der Waals surface area contributed by atoms with Crippen LogP contribution in [0.4, 0.5) is 0 Å². The van der Waals surface area contributed by atoms with Crippen molar-refractivity contribution in [1.29, 1.82) is 0 Å². The number of aryl methyl sites for hydroxylation is 2. The smallest absolute Gasteiger partial charge is 0.245 e. The van der Waals surface area contributed by atoms with Crippen molar-refractivity contribution in [3.63, 3.8) is 0 Å². The van der Waals surface area contributed by atoms with Crippen LogP contribution < -0.4 is 5.32 Å². The van der Waals surface area contributed by atoms with Crippen molar-refractivity contribution in [1.82, 2.24) is 15.2 Å². The standard InChI is InChI=1S/C19H27N3O3/c1-4-18(24)22-10-14(11-22)8-12(2)20-17(23)9-15-6-5-7-16-19(15)21-13(3)25-16/h4,12,14-15H,1,5-11H2,2-3H3,(H,20,23). The van der Waals surface area contributed by atoms with Gasteiger partial charge in [-0.15, -0.1) is 0 Å². The normalized spacial score (nSPS) is 21.2. The Morgan fingerprint density at radius 1 is 1.48 bits per heavy atom. The molecule has 6 nitrogen and oxygen atoms in total. The molecular formula is C19H27N3O3. The summed E-state index contributed by atoms with van der Waals surface area (Å²) in [6.07, 6.45) is 5.67. The third-order valence-corrected chi connectivity index (χ3v) is 5.15. The van der Waals surface area contributed by atoms with Gasteiger partial charge in [-0.2, -0.15) is 0 Å². The first-order valence-electron chi connectivity index (χ1n) is 9.13. The zero-order chi connectivity index (χ0) is 18.0. The van der Waals surface area contributed by atoms with E-state index < -0.39 is 0 Å². The van der Waals surface area contributed by atoms with Crippen molar-refractivity contribution >= 4 is 11.8 Å². The lowest BCUT2D eigenvalue weighted by Crippen LogP contribution is -2.51. The van der Waals surface area contributed by atoms with Gasteiger partial charge < -0.3 is 14.6 Å². The number of aromatic nitrogens is 1. The van der Waals surface area contributed by atoms with Crippen molar-refractivity contribution in [2.75, 3.05) is 13.1 Å². The first kappa shape index (κ1) is 17.7. The fourth-order valence-corrected chi connectivity index (χ4v) is 3.97. The molecule has 0 spiro atoms. The molecule has 136 valence electrons. The number of carbonyl (C=O) groups is 2. The molecule has 2 amide bonds. The molecule has 1 saturated heterocycles. The number of carbonyl (C=O) groups excluding carboxylic acids is 2. The first-order valence-corrected chi connectivity index (χ1v) is 9.13. The summed E-state index contributed by atoms with van der Waals surface area (Å²) in [5.41, 5.74) is 0.976. The molecule has 1 fully saturated rings. The SMILES string of the molecule is C=CC(=O)N1CC(CC(C)NC(=O)CC2CCCc3oc(C)nc32)C1. The lowest BCUT2D eigenvalue weighted by Gasteiger charge is -2.40. The minimum atomic E-state index is -0.0102. The molecule has 0 saturated carbocycles. The average Bonchev–Trinajstić information content (AvgIpc) is 2.91. The van der Waals surface area contributed by atoms with Crippen LogP contribution in [0.2, 0.25) is 0 Å². The highest BCUT2D eigenvalue weighted by Gasteiger charge is 2.31. The lowest BCUT2D eigenvalue weighted by molar-refractivity contribution is -0.132. The van der Waals surface area contributed by atoms with Crippen LogP contribution in [0.5, 0.6) is 0 Å². The Labute approximate surface area is 148 Å². The summed E-state index contributed by atoms with van der Waals surface area (Å²) in [5, 5.41) is 3.10. The Morgan fingerprint density at radius 2 is 2.24 bits per heavy atom. The van der Waals surface area contributed by atoms with Gasteiger partial charge in [0.1, 0.15) is 5.76 Å². The Bertz CT molecular complexity index is 661. The van der Waals surface area contributed by atoms with E-state index in [9.17, 15) is 9.59 Å². The molecule has 25 heavy (non-hydrogen) atoms. The molecule has 3 rings (SSSR count). The second-order valence-electron chi connectivity index (χ2n) is 7.35. The molecule has 6 heteroatoms. The maximum Gasteiger partial charge on any atom is 0.245 e. The van der Waals surface area contributed by atoms with Crippen LogP contribution in [0.25, 0.3) is 0 Å². The molecule has 2 heterocycles. The molecule has 1 aromatic heterocycles. The first-order chi connectivity index (χ1) is 12.0. The van der Waals surface area contributed by atoms with Gasteiger partial charge in [0.25, 0.3) is 0 Å². The average molecular weight is 345 g/mol. The summed E-state index contributed by atoms with van der Waals surface area (Å²) < 4.78 is 5.63. The zero-order valence-electron chi connectivity index (χ0n) is 15.1. The third kappa shape index (κ3) is 4.11. The van der Waals surface area contributed by atoms with Crippen LogP contribution in [-0.2, 0) is 16.0 Å². The Balaban J connectivity index is 1.44. The number of amides is 2. The molecule has 1 aliphatic heterocycles. The van der Waals surface area contributed by atoms with Crippen LogP contribution in [-0.4, -0.2) is 40.8 Å². The number of fused-ring (bicyclic) bond motifs is 1. The highest BCUT2D eigenvalue weighted by Crippen LogP contribution is 2.33. The fraction of sp³-hybridized carbons (Fsp3) is 0.632. The van der Waals surface area contributed by atoms with Gasteiger partial charge in [-0.05, 0) is 38.2 Å². The Morgan fingerprint density at radius 3 is 2.96 bits per heavy atom. The van der Waals surface area contributed by atoms with Crippen molar-refractivity contribution in [3.8, 4) is 0 Å². The van der Waals surface area contributed by atoms with Gasteiger partial charge in [0.05, 0.1) is 5.69 Å². The van der Waals surface area contributed by atoms with E-state index in [1.807, 2.05) is 13.8 Å². The van der Waals surface area contributed by atoms with Gasteiger partial charge in [0.15, 0.2) is 5.89 Å². The molecule has 0 bridgehead atoms. The lowest BCUT2D eigenvalue weighted by atomic mass is 9.87. The van der Waals surface area contributed by atoms with Crippen LogP contribution in [0.1, 0.15) is 55.9 Å². The highest BCUT2D eigenvalue weighted by atomic mass is 16.4. The number of nitrogens with one attached hydrogen (secondary N) is 1. The summed E-state index contributed by atoms with van der Waals surface area (Å²) in [5.74, 6) is 2.33. The van der Waals surface area contributed by atoms with E-state index in [1.165, 1.54) is 6.08 Å². The molecular weight excluding hydrogens is 318 g/mol. The number of oxazole rings is 1.